The molecule has 4 aromatic rings. The normalized spacial score (nSPS) is 11.4. The Hall–Kier alpha value is -3.37. The molecular formula is C18H12N4O4S2. The van der Waals surface area contributed by atoms with Crippen LogP contribution in [0.4, 0.5) is 11.4 Å². The maximum absolute atomic E-state index is 12.5. The number of hydrogen-bond acceptors (Lipinski definition) is 7. The number of sulfonamides is 1. The zero-order valence-corrected chi connectivity index (χ0v) is 15.8. The molecule has 8 nitrogen and oxygen atoms in total. The van der Waals surface area contributed by atoms with Crippen molar-refractivity contribution in [3.8, 4) is 10.6 Å². The van der Waals surface area contributed by atoms with Gasteiger partial charge in [-0.3, -0.25) is 14.8 Å². The fourth-order valence-corrected chi connectivity index (χ4v) is 4.51. The van der Waals surface area contributed by atoms with E-state index in [1.54, 1.807) is 30.5 Å². The molecule has 0 atom stereocenters. The number of pyridine rings is 1. The smallest absolute Gasteiger partial charge is 0.269 e. The molecule has 0 bridgehead atoms. The highest BCUT2D eigenvalue weighted by atomic mass is 32.2. The number of benzene rings is 2. The summed E-state index contributed by atoms with van der Waals surface area (Å²) in [4.78, 5) is 19.7. The van der Waals surface area contributed by atoms with Gasteiger partial charge in [0.15, 0.2) is 0 Å². The van der Waals surface area contributed by atoms with Crippen molar-refractivity contribution in [1.29, 1.82) is 0 Å². The lowest BCUT2D eigenvalue weighted by molar-refractivity contribution is -0.384. The van der Waals surface area contributed by atoms with E-state index in [1.165, 1.54) is 23.5 Å². The van der Waals surface area contributed by atoms with Gasteiger partial charge in [0.2, 0.25) is 0 Å². The predicted octanol–water partition coefficient (Wildman–Crippen LogP) is 4.07. The van der Waals surface area contributed by atoms with Gasteiger partial charge in [-0.25, -0.2) is 18.4 Å². The first-order valence-corrected chi connectivity index (χ1v) is 10.3. The quantitative estimate of drug-likeness (QED) is 0.390. The third kappa shape index (κ3) is 3.55. The van der Waals surface area contributed by atoms with Crippen LogP contribution in [0.3, 0.4) is 0 Å². The molecule has 2 heterocycles. The van der Waals surface area contributed by atoms with Crippen molar-refractivity contribution in [2.24, 2.45) is 0 Å². The largest absolute Gasteiger partial charge is 0.280 e. The second-order valence-corrected chi connectivity index (χ2v) is 8.44. The third-order valence-electron chi connectivity index (χ3n) is 3.91. The molecule has 0 amide bonds. The lowest BCUT2D eigenvalue weighted by atomic mass is 10.2. The number of anilines is 1. The molecule has 4 rings (SSSR count). The molecule has 0 aliphatic heterocycles. The van der Waals surface area contributed by atoms with Crippen LogP contribution >= 0.6 is 11.3 Å². The van der Waals surface area contributed by atoms with Crippen LogP contribution in [0.1, 0.15) is 0 Å². The zero-order chi connectivity index (χ0) is 19.7. The summed E-state index contributed by atoms with van der Waals surface area (Å²) >= 11 is 1.45. The predicted molar refractivity (Wildman–Crippen MR) is 107 cm³/mol. The van der Waals surface area contributed by atoms with Gasteiger partial charge in [0.1, 0.15) is 15.4 Å². The molecule has 28 heavy (non-hydrogen) atoms. The first-order valence-electron chi connectivity index (χ1n) is 8.02. The first-order chi connectivity index (χ1) is 13.4. The van der Waals surface area contributed by atoms with Crippen molar-refractivity contribution in [3.63, 3.8) is 0 Å². The third-order valence-corrected chi connectivity index (χ3v) is 6.33. The summed E-state index contributed by atoms with van der Waals surface area (Å²) in [6, 6.07) is 15.2. The fourth-order valence-electron chi connectivity index (χ4n) is 2.54. The summed E-state index contributed by atoms with van der Waals surface area (Å²) in [5, 5.41) is 11.5. The standard InChI is InChI=1S/C18H12N4O4S2/c23-22(24)14-7-9-15(10-8-14)28(25,26)21-13-5-3-12(4-6-13)17-20-16-2-1-11-19-18(16)27-17/h1-11,21H. The number of fused-ring (bicyclic) bond motifs is 1. The van der Waals surface area contributed by atoms with Crippen molar-refractivity contribution in [1.82, 2.24) is 9.97 Å². The van der Waals surface area contributed by atoms with Crippen LogP contribution in [0.15, 0.2) is 71.8 Å². The molecule has 0 aliphatic rings. The van der Waals surface area contributed by atoms with E-state index >= 15 is 0 Å². The molecule has 0 unspecified atom stereocenters. The van der Waals surface area contributed by atoms with Crippen molar-refractivity contribution in [2.45, 2.75) is 4.90 Å². The highest BCUT2D eigenvalue weighted by Crippen LogP contribution is 2.29. The highest BCUT2D eigenvalue weighted by molar-refractivity contribution is 7.92. The molecule has 140 valence electrons. The molecule has 0 fully saturated rings. The fraction of sp³-hybridized carbons (Fsp3) is 0. The number of rotatable bonds is 5. The van der Waals surface area contributed by atoms with Crippen LogP contribution in [-0.4, -0.2) is 23.3 Å². The lowest BCUT2D eigenvalue weighted by Crippen LogP contribution is -2.12. The van der Waals surface area contributed by atoms with E-state index in [0.717, 1.165) is 33.1 Å². The van der Waals surface area contributed by atoms with E-state index in [0.29, 0.717) is 5.69 Å². The van der Waals surface area contributed by atoms with Crippen molar-refractivity contribution < 1.29 is 13.3 Å². The molecule has 0 aliphatic carbocycles. The average Bonchev–Trinajstić information content (AvgIpc) is 3.12. The second kappa shape index (κ2) is 6.98. The van der Waals surface area contributed by atoms with Gasteiger partial charge in [0.25, 0.3) is 15.7 Å². The maximum Gasteiger partial charge on any atom is 0.269 e. The molecule has 0 saturated carbocycles. The van der Waals surface area contributed by atoms with Gasteiger partial charge in [-0.05, 0) is 48.5 Å². The lowest BCUT2D eigenvalue weighted by Gasteiger charge is -2.08. The summed E-state index contributed by atoms with van der Waals surface area (Å²) in [5.41, 5.74) is 1.86. The van der Waals surface area contributed by atoms with E-state index in [2.05, 4.69) is 14.7 Å². The Morgan fingerprint density at radius 3 is 2.36 bits per heavy atom. The molecular weight excluding hydrogens is 400 g/mol. The van der Waals surface area contributed by atoms with Crippen LogP contribution in [0, 0.1) is 10.1 Å². The van der Waals surface area contributed by atoms with Gasteiger partial charge >= 0.3 is 0 Å². The van der Waals surface area contributed by atoms with Crippen molar-refractivity contribution in [3.05, 3.63) is 77.0 Å². The molecule has 1 N–H and O–H groups in total. The summed E-state index contributed by atoms with van der Waals surface area (Å²) in [7, 11) is -3.85. The molecule has 0 radical (unpaired) electrons. The van der Waals surface area contributed by atoms with E-state index < -0.39 is 14.9 Å². The second-order valence-electron chi connectivity index (χ2n) is 5.78. The number of thiazole rings is 1. The highest BCUT2D eigenvalue weighted by Gasteiger charge is 2.16. The average molecular weight is 412 g/mol. The van der Waals surface area contributed by atoms with Gasteiger partial charge < -0.3 is 0 Å². The van der Waals surface area contributed by atoms with E-state index in [4.69, 9.17) is 0 Å². The number of non-ortho nitro benzene ring substituents is 1. The molecule has 2 aromatic heterocycles. The Morgan fingerprint density at radius 1 is 1.00 bits per heavy atom. The minimum absolute atomic E-state index is 0.0561. The van der Waals surface area contributed by atoms with Gasteiger partial charge in [-0.2, -0.15) is 0 Å². The Morgan fingerprint density at radius 2 is 1.71 bits per heavy atom. The monoisotopic (exact) mass is 412 g/mol. The van der Waals surface area contributed by atoms with Crippen LogP contribution in [0.25, 0.3) is 20.9 Å². The Kier molecular flexibility index (Phi) is 4.49. The SMILES string of the molecule is O=[N+]([O-])c1ccc(S(=O)(=O)Nc2ccc(-c3nc4cccnc4s3)cc2)cc1. The molecule has 0 spiro atoms. The number of nitro groups is 1. The summed E-state index contributed by atoms with van der Waals surface area (Å²) in [5.74, 6) is 0. The molecule has 10 heteroatoms. The summed E-state index contributed by atoms with van der Waals surface area (Å²) < 4.78 is 27.4. The number of nitrogens with one attached hydrogen (secondary N) is 1. The summed E-state index contributed by atoms with van der Waals surface area (Å²) in [6.07, 6.45) is 1.71. The van der Waals surface area contributed by atoms with Crippen LogP contribution in [0.5, 0.6) is 0 Å². The Bertz CT molecular complexity index is 1230. The number of nitro benzene ring substituents is 1. The number of hydrogen-bond donors (Lipinski definition) is 1. The van der Waals surface area contributed by atoms with Crippen molar-refractivity contribution >= 4 is 43.1 Å². The first kappa shape index (κ1) is 18.0. The van der Waals surface area contributed by atoms with E-state index in [9.17, 15) is 18.5 Å². The summed E-state index contributed by atoms with van der Waals surface area (Å²) in [6.45, 7) is 0. The van der Waals surface area contributed by atoms with Crippen molar-refractivity contribution in [2.75, 3.05) is 4.72 Å². The maximum atomic E-state index is 12.5. The molecule has 2 aromatic carbocycles. The minimum Gasteiger partial charge on any atom is -0.280 e. The van der Waals surface area contributed by atoms with Gasteiger partial charge in [0, 0.05) is 29.6 Å². The van der Waals surface area contributed by atoms with Crippen LogP contribution in [-0.2, 0) is 10.0 Å². The van der Waals surface area contributed by atoms with Crippen LogP contribution < -0.4 is 4.72 Å². The Balaban J connectivity index is 1.55. The van der Waals surface area contributed by atoms with E-state index in [-0.39, 0.29) is 10.6 Å². The topological polar surface area (TPSA) is 115 Å². The van der Waals surface area contributed by atoms with Crippen LogP contribution in [0.2, 0.25) is 0 Å². The van der Waals surface area contributed by atoms with E-state index in [1.807, 2.05) is 12.1 Å². The number of aromatic nitrogens is 2. The minimum atomic E-state index is -3.85. The Labute approximate surface area is 163 Å². The van der Waals surface area contributed by atoms with Gasteiger partial charge in [-0.15, -0.1) is 0 Å². The van der Waals surface area contributed by atoms with Gasteiger partial charge in [-0.1, -0.05) is 11.3 Å². The van der Waals surface area contributed by atoms with Gasteiger partial charge in [0.05, 0.1) is 9.82 Å². The molecule has 0 saturated heterocycles. The number of nitrogens with zero attached hydrogens (tertiary/aromatic N) is 3. The zero-order valence-electron chi connectivity index (χ0n) is 14.1.